The van der Waals surface area contributed by atoms with E-state index in [0.717, 1.165) is 5.56 Å². The minimum atomic E-state index is -0.518. The predicted octanol–water partition coefficient (Wildman–Crippen LogP) is 2.43. The van der Waals surface area contributed by atoms with Crippen LogP contribution in [-0.2, 0) is 12.0 Å². The van der Waals surface area contributed by atoms with Gasteiger partial charge in [-0.1, -0.05) is 49.7 Å². The van der Waals surface area contributed by atoms with Crippen molar-refractivity contribution in [3.05, 3.63) is 64.5 Å². The van der Waals surface area contributed by atoms with Crippen LogP contribution in [0.15, 0.2) is 41.2 Å². The quantitative estimate of drug-likeness (QED) is 0.556. The fourth-order valence-corrected chi connectivity index (χ4v) is 2.79. The third kappa shape index (κ3) is 5.66. The maximum absolute atomic E-state index is 12.2. The number of nitrogens with one attached hydrogen (secondary N) is 2. The molecule has 0 aliphatic rings. The predicted molar refractivity (Wildman–Crippen MR) is 110 cm³/mol. The summed E-state index contributed by atoms with van der Waals surface area (Å²) in [5.74, 6) is -0.585. The molecule has 0 bridgehead atoms. The number of halogens is 1. The van der Waals surface area contributed by atoms with Gasteiger partial charge in [0, 0.05) is 24.8 Å². The average Bonchev–Trinajstić information content (AvgIpc) is 3.33. The number of hydrogen-bond donors (Lipinski definition) is 2. The van der Waals surface area contributed by atoms with Gasteiger partial charge in [0.15, 0.2) is 5.82 Å². The number of amides is 2. The molecule has 0 saturated carbocycles. The van der Waals surface area contributed by atoms with Gasteiger partial charge >= 0.3 is 11.8 Å². The van der Waals surface area contributed by atoms with Crippen molar-refractivity contribution >= 4 is 23.4 Å². The van der Waals surface area contributed by atoms with E-state index in [4.69, 9.17) is 16.1 Å². The smallest absolute Gasteiger partial charge is 0.316 e. The van der Waals surface area contributed by atoms with Crippen LogP contribution in [0.5, 0.6) is 0 Å². The van der Waals surface area contributed by atoms with Gasteiger partial charge < -0.3 is 15.2 Å². The van der Waals surface area contributed by atoms with E-state index in [1.165, 1.54) is 10.9 Å². The SMILES string of the molecule is CC(C)(C)c1ccc(C(=O)NCCNC(=O)c2nc(Cn3cc(Cl)cn3)no2)cc1. The van der Waals surface area contributed by atoms with Gasteiger partial charge in [-0.05, 0) is 23.1 Å². The fraction of sp³-hybridized carbons (Fsp3) is 0.350. The van der Waals surface area contributed by atoms with Gasteiger partial charge in [-0.15, -0.1) is 0 Å². The molecule has 0 unspecified atom stereocenters. The molecule has 0 atom stereocenters. The molecule has 158 valence electrons. The van der Waals surface area contributed by atoms with Crippen LogP contribution in [0, 0.1) is 0 Å². The van der Waals surface area contributed by atoms with E-state index >= 15 is 0 Å². The van der Waals surface area contributed by atoms with Gasteiger partial charge in [0.1, 0.15) is 6.54 Å². The molecular weight excluding hydrogens is 408 g/mol. The molecule has 0 aliphatic carbocycles. The van der Waals surface area contributed by atoms with E-state index in [1.54, 1.807) is 18.3 Å². The molecule has 10 heteroatoms. The highest BCUT2D eigenvalue weighted by Crippen LogP contribution is 2.22. The van der Waals surface area contributed by atoms with E-state index in [1.807, 2.05) is 12.1 Å². The van der Waals surface area contributed by atoms with Crippen LogP contribution in [0.1, 0.15) is 53.2 Å². The molecule has 3 rings (SSSR count). The average molecular weight is 431 g/mol. The number of aromatic nitrogens is 4. The van der Waals surface area contributed by atoms with E-state index in [9.17, 15) is 9.59 Å². The largest absolute Gasteiger partial charge is 0.350 e. The van der Waals surface area contributed by atoms with Crippen molar-refractivity contribution in [1.82, 2.24) is 30.6 Å². The van der Waals surface area contributed by atoms with Crippen LogP contribution in [0.25, 0.3) is 0 Å². The van der Waals surface area contributed by atoms with Crippen LogP contribution in [0.4, 0.5) is 0 Å². The number of hydrogen-bond acceptors (Lipinski definition) is 6. The normalized spacial score (nSPS) is 11.3. The Morgan fingerprint density at radius 2 is 1.77 bits per heavy atom. The van der Waals surface area contributed by atoms with Gasteiger partial charge in [0.05, 0.1) is 11.2 Å². The summed E-state index contributed by atoms with van der Waals surface area (Å²) in [4.78, 5) is 28.3. The zero-order valence-electron chi connectivity index (χ0n) is 17.0. The second-order valence-electron chi connectivity index (χ2n) is 7.71. The van der Waals surface area contributed by atoms with Crippen molar-refractivity contribution in [1.29, 1.82) is 0 Å². The Bertz CT molecular complexity index is 1020. The monoisotopic (exact) mass is 430 g/mol. The van der Waals surface area contributed by atoms with Crippen molar-refractivity contribution in [2.24, 2.45) is 0 Å². The van der Waals surface area contributed by atoms with Gasteiger partial charge in [-0.3, -0.25) is 14.3 Å². The summed E-state index contributed by atoms with van der Waals surface area (Å²) in [7, 11) is 0. The second-order valence-corrected chi connectivity index (χ2v) is 8.15. The van der Waals surface area contributed by atoms with Crippen LogP contribution in [0.3, 0.4) is 0 Å². The molecule has 2 amide bonds. The first-order valence-corrected chi connectivity index (χ1v) is 9.77. The van der Waals surface area contributed by atoms with E-state index in [0.29, 0.717) is 16.4 Å². The maximum Gasteiger partial charge on any atom is 0.316 e. The Kier molecular flexibility index (Phi) is 6.51. The van der Waals surface area contributed by atoms with Crippen molar-refractivity contribution < 1.29 is 14.1 Å². The Morgan fingerprint density at radius 1 is 1.10 bits per heavy atom. The van der Waals surface area contributed by atoms with E-state index in [-0.39, 0.29) is 36.8 Å². The number of carbonyl (C=O) groups excluding carboxylic acids is 2. The Labute approximate surface area is 178 Å². The molecule has 0 spiro atoms. The first-order valence-electron chi connectivity index (χ1n) is 9.40. The first kappa shape index (κ1) is 21.5. The molecule has 0 saturated heterocycles. The van der Waals surface area contributed by atoms with Gasteiger partial charge in [0.2, 0.25) is 0 Å². The topological polar surface area (TPSA) is 115 Å². The summed E-state index contributed by atoms with van der Waals surface area (Å²) in [6, 6.07) is 7.48. The molecule has 0 aliphatic heterocycles. The standard InChI is InChI=1S/C20H23ClN6O3/c1-20(2,3)14-6-4-13(5-7-14)17(28)22-8-9-23-18(29)19-25-16(26-30-19)12-27-11-15(21)10-24-27/h4-7,10-11H,8-9,12H2,1-3H3,(H,22,28)(H,23,29). The Hall–Kier alpha value is -3.20. The number of nitrogens with zero attached hydrogens (tertiary/aromatic N) is 4. The summed E-state index contributed by atoms with van der Waals surface area (Å²) in [6.45, 7) is 7.06. The summed E-state index contributed by atoms with van der Waals surface area (Å²) >= 11 is 5.80. The first-order chi connectivity index (χ1) is 14.2. The lowest BCUT2D eigenvalue weighted by molar-refractivity contribution is 0.0898. The van der Waals surface area contributed by atoms with Gasteiger partial charge in [-0.25, -0.2) is 0 Å². The van der Waals surface area contributed by atoms with Gasteiger partial charge in [0.25, 0.3) is 5.91 Å². The number of carbonyl (C=O) groups is 2. The van der Waals surface area contributed by atoms with Crippen LogP contribution in [0.2, 0.25) is 5.02 Å². The fourth-order valence-electron chi connectivity index (χ4n) is 2.63. The molecule has 2 aromatic heterocycles. The Morgan fingerprint density at radius 3 is 2.37 bits per heavy atom. The zero-order valence-corrected chi connectivity index (χ0v) is 17.7. The minimum Gasteiger partial charge on any atom is -0.350 e. The highest BCUT2D eigenvalue weighted by atomic mass is 35.5. The van der Waals surface area contributed by atoms with Crippen LogP contribution >= 0.6 is 11.6 Å². The Balaban J connectivity index is 1.43. The molecule has 30 heavy (non-hydrogen) atoms. The highest BCUT2D eigenvalue weighted by Gasteiger charge is 2.16. The third-order valence-corrected chi connectivity index (χ3v) is 4.47. The molecule has 2 N–H and O–H groups in total. The summed E-state index contributed by atoms with van der Waals surface area (Å²) in [5, 5.41) is 13.6. The van der Waals surface area contributed by atoms with E-state index in [2.05, 4.69) is 46.6 Å². The molecular formula is C20H23ClN6O3. The van der Waals surface area contributed by atoms with Crippen molar-refractivity contribution in [3.8, 4) is 0 Å². The van der Waals surface area contributed by atoms with E-state index < -0.39 is 5.91 Å². The highest BCUT2D eigenvalue weighted by molar-refractivity contribution is 6.30. The van der Waals surface area contributed by atoms with Crippen molar-refractivity contribution in [2.45, 2.75) is 32.7 Å². The van der Waals surface area contributed by atoms with Crippen LogP contribution < -0.4 is 10.6 Å². The molecule has 0 radical (unpaired) electrons. The summed E-state index contributed by atoms with van der Waals surface area (Å²) in [6.07, 6.45) is 3.10. The molecule has 2 heterocycles. The summed E-state index contributed by atoms with van der Waals surface area (Å²) < 4.78 is 6.48. The number of rotatable bonds is 7. The van der Waals surface area contributed by atoms with Gasteiger partial charge in [-0.2, -0.15) is 10.1 Å². The molecule has 9 nitrogen and oxygen atoms in total. The molecule has 0 fully saturated rings. The maximum atomic E-state index is 12.2. The zero-order chi connectivity index (χ0) is 21.7. The second kappa shape index (κ2) is 9.08. The number of benzene rings is 1. The van der Waals surface area contributed by atoms with Crippen molar-refractivity contribution in [3.63, 3.8) is 0 Å². The third-order valence-electron chi connectivity index (χ3n) is 4.28. The lowest BCUT2D eigenvalue weighted by Gasteiger charge is -2.19. The lowest BCUT2D eigenvalue weighted by atomic mass is 9.87. The van der Waals surface area contributed by atoms with Crippen LogP contribution in [-0.4, -0.2) is 44.8 Å². The minimum absolute atomic E-state index is 0.0271. The molecule has 3 aromatic rings. The summed E-state index contributed by atoms with van der Waals surface area (Å²) in [5.41, 5.74) is 1.75. The molecule has 1 aromatic carbocycles. The lowest BCUT2D eigenvalue weighted by Crippen LogP contribution is -2.34. The van der Waals surface area contributed by atoms with Crippen molar-refractivity contribution in [2.75, 3.05) is 13.1 Å².